The predicted octanol–water partition coefficient (Wildman–Crippen LogP) is 26.7. The Kier molecular flexibility index (Phi) is 24.2. The van der Waals surface area contributed by atoms with E-state index in [0.29, 0.717) is 15.7 Å². The first-order valence-electron chi connectivity index (χ1n) is 36.3. The third-order valence-corrected chi connectivity index (χ3v) is 39.1. The number of fused-ring (bicyclic) bond motifs is 4. The van der Waals surface area contributed by atoms with E-state index in [1.807, 2.05) is 0 Å². The molecule has 8 aromatic rings. The summed E-state index contributed by atoms with van der Waals surface area (Å²) in [6, 6.07) is 65.8. The summed E-state index contributed by atoms with van der Waals surface area (Å²) in [6.45, 7) is 41.8. The standard InChI is InChI=1S/4C21H23.2C2H6N.2C2H4.CH3.Ti.Zr/c4*1-5-15-13-17-7-6-8-19(20(17)14-15)16-9-11-18(12-10-16)21(2,3)4;2*1-3-2;2*1-2;;;/h4*6-14H,5H2,1-4H3;2*1-2H3;2*1H,2H3;1H3;;/q;;;;2*-1;;;;+2;-1. The molecule has 4 aliphatic rings. The summed E-state index contributed by atoms with van der Waals surface area (Å²) in [7, 11) is 7.00. The Labute approximate surface area is 599 Å². The molecule has 0 amide bonds. The maximum atomic E-state index is 3.50. The third-order valence-electron chi connectivity index (χ3n) is 21.4. The van der Waals surface area contributed by atoms with Gasteiger partial charge in [-0.1, -0.05) is 0 Å². The smallest absolute Gasteiger partial charge is 0.162 e. The molecule has 0 heterocycles. The first-order chi connectivity index (χ1) is 46.1. The molecule has 4 heteroatoms. The largest absolute Gasteiger partial charge is 0.668 e. The third kappa shape index (κ3) is 15.6. The van der Waals surface area contributed by atoms with E-state index in [4.69, 9.17) is 0 Å². The van der Waals surface area contributed by atoms with E-state index in [1.54, 1.807) is 72.7 Å². The number of allylic oxidation sites excluding steroid dienone is 4. The minimum absolute atomic E-state index is 0.155. The van der Waals surface area contributed by atoms with Crippen LogP contribution in [0.5, 0.6) is 0 Å². The first kappa shape index (κ1) is 75.2. The average molecular weight is 1400 g/mol. The van der Waals surface area contributed by atoms with Crippen molar-refractivity contribution in [2.24, 2.45) is 0 Å². The Bertz CT molecular complexity index is 4030. The van der Waals surface area contributed by atoms with Crippen LogP contribution < -0.4 is 0 Å². The molecule has 506 valence electrons. The number of nitrogens with zero attached hydrogens (tertiary/aromatic N) is 2. The van der Waals surface area contributed by atoms with Gasteiger partial charge in [0.05, 0.1) is 0 Å². The number of hydrogen-bond acceptors (Lipinski definition) is 0. The summed E-state index contributed by atoms with van der Waals surface area (Å²) in [5.41, 5.74) is 35.7. The predicted molar refractivity (Wildman–Crippen MR) is 426 cm³/mol. The van der Waals surface area contributed by atoms with Crippen molar-refractivity contribution in [2.75, 3.05) is 28.2 Å². The molecule has 0 spiro atoms. The van der Waals surface area contributed by atoms with Gasteiger partial charge in [-0.15, -0.1) is 0 Å². The van der Waals surface area contributed by atoms with Gasteiger partial charge in [0.2, 0.25) is 0 Å². The average Bonchev–Trinajstić information content (AvgIpc) is 1.58. The van der Waals surface area contributed by atoms with Crippen molar-refractivity contribution < 1.29 is 37.2 Å². The second-order valence-electron chi connectivity index (χ2n) is 31.9. The van der Waals surface area contributed by atoms with Crippen LogP contribution in [0, 0.1) is 0 Å². The van der Waals surface area contributed by atoms with Gasteiger partial charge >= 0.3 is 565 Å². The van der Waals surface area contributed by atoms with Crippen molar-refractivity contribution in [3.8, 4) is 44.5 Å². The summed E-state index contributed by atoms with van der Waals surface area (Å²) in [6.07, 6.45) is 14.7. The van der Waals surface area contributed by atoms with E-state index in [9.17, 15) is 0 Å². The van der Waals surface area contributed by atoms with Crippen molar-refractivity contribution in [3.63, 3.8) is 0 Å². The molecule has 4 unspecified atom stereocenters. The van der Waals surface area contributed by atoms with E-state index in [0.717, 1.165) is 25.7 Å². The van der Waals surface area contributed by atoms with Gasteiger partial charge in [0.25, 0.3) is 0 Å². The summed E-state index contributed by atoms with van der Waals surface area (Å²) < 4.78 is 10.3. The number of benzene rings is 8. The minimum Gasteiger partial charge on any atom is -0.668 e. The van der Waals surface area contributed by atoms with Crippen molar-refractivity contribution in [1.29, 1.82) is 0 Å². The van der Waals surface area contributed by atoms with E-state index < -0.39 is 37.2 Å². The van der Waals surface area contributed by atoms with Gasteiger partial charge in [-0.05, 0) is 0 Å². The molecule has 0 radical (unpaired) electrons. The molecule has 0 aromatic heterocycles. The Morgan fingerprint density at radius 3 is 0.784 bits per heavy atom. The molecule has 0 fully saturated rings. The van der Waals surface area contributed by atoms with Gasteiger partial charge in [-0.2, -0.15) is 28.2 Å². The monoisotopic (exact) mass is 1400 g/mol. The first-order valence-corrected chi connectivity index (χ1v) is 45.7. The zero-order chi connectivity index (χ0) is 70.5. The molecule has 0 N–H and O–H groups in total. The van der Waals surface area contributed by atoms with E-state index >= 15 is 0 Å². The van der Waals surface area contributed by atoms with Crippen LogP contribution in [0.3, 0.4) is 0 Å². The molecule has 0 aliphatic heterocycles. The van der Waals surface area contributed by atoms with Gasteiger partial charge < -0.3 is 10.6 Å². The summed E-state index contributed by atoms with van der Waals surface area (Å²) >= 11 is -5.01. The van der Waals surface area contributed by atoms with E-state index in [-0.39, 0.29) is 21.7 Å². The van der Waals surface area contributed by atoms with Crippen LogP contribution >= 0.6 is 0 Å². The molecule has 12 rings (SSSR count). The molecular weight excluding hydrogens is 1280 g/mol. The van der Waals surface area contributed by atoms with Crippen LogP contribution in [0.25, 0.3) is 79.4 Å². The molecule has 97 heavy (non-hydrogen) atoms. The second-order valence-corrected chi connectivity index (χ2v) is 47.1. The normalized spacial score (nSPS) is 17.3. The zero-order valence-corrected chi connectivity index (χ0v) is 67.7. The fourth-order valence-electron chi connectivity index (χ4n) is 15.9. The van der Waals surface area contributed by atoms with Gasteiger partial charge in [0.1, 0.15) is 0 Å². The fraction of sp³-hybridized carbons (Fsp3) is 0.376. The summed E-state index contributed by atoms with van der Waals surface area (Å²) in [4.78, 5) is 0. The molecule has 0 saturated heterocycles. The van der Waals surface area contributed by atoms with Gasteiger partial charge in [-0.25, -0.2) is 0 Å². The molecule has 8 aromatic carbocycles. The van der Waals surface area contributed by atoms with Gasteiger partial charge in [0, 0.05) is 0 Å². The Morgan fingerprint density at radius 1 is 0.340 bits per heavy atom. The molecule has 2 nitrogen and oxygen atoms in total. The Hall–Kier alpha value is -6.02. The van der Waals surface area contributed by atoms with E-state index in [2.05, 4.69) is 342 Å². The molecule has 4 atom stereocenters. The van der Waals surface area contributed by atoms with Gasteiger partial charge in [-0.3, -0.25) is 0 Å². The van der Waals surface area contributed by atoms with Gasteiger partial charge in [0.15, 0.2) is 0 Å². The van der Waals surface area contributed by atoms with Crippen LogP contribution in [-0.2, 0) is 58.8 Å². The van der Waals surface area contributed by atoms with Crippen molar-refractivity contribution in [1.82, 2.24) is 0 Å². The Morgan fingerprint density at radius 2 is 0.567 bits per heavy atom. The Balaban J connectivity index is 0.000000210. The van der Waals surface area contributed by atoms with Crippen LogP contribution in [-0.4, -0.2) is 36.2 Å². The molecule has 0 bridgehead atoms. The van der Waals surface area contributed by atoms with Crippen molar-refractivity contribution >= 4 is 32.3 Å². The maximum Gasteiger partial charge on any atom is -0.162 e. The number of hydrogen-bond donors (Lipinski definition) is 0. The number of rotatable bonds is 12. The summed E-state index contributed by atoms with van der Waals surface area (Å²) in [5.74, 6) is 0. The topological polar surface area (TPSA) is 28.2 Å². The minimum atomic E-state index is -3.14. The van der Waals surface area contributed by atoms with Crippen LogP contribution in [0.4, 0.5) is 0 Å². The SMILES string of the molecule is C[CH]=[Ti+2]([CH]1C(CC)=Cc2c(-c3ccc(C(C)(C)C)cc3)cccc21)[CH]1C(CC)=Cc2c(-c3ccc(C(C)(C)C)cc3)cccc21.C[CH]=[Zr-]([CH3])([CH]1C(CC)=Cc2c(-c3ccc(C(C)(C)C)cc3)cccc21)[CH]1C(CC)=Cc2c(-c3ccc(C(C)(C)C)cc3)cccc21.C[N-]C.C[N-]C. The van der Waals surface area contributed by atoms with Crippen LogP contribution in [0.1, 0.15) is 233 Å². The van der Waals surface area contributed by atoms with Crippen LogP contribution in [0.2, 0.25) is 4.63 Å². The quantitative estimate of drug-likeness (QED) is 0.109. The van der Waals surface area contributed by atoms with Crippen molar-refractivity contribution in [3.05, 3.63) is 270 Å². The van der Waals surface area contributed by atoms with Crippen LogP contribution in [0.15, 0.2) is 192 Å². The summed E-state index contributed by atoms with van der Waals surface area (Å²) in [5, 5.41) is 7.00. The zero-order valence-electron chi connectivity index (χ0n) is 63.7. The van der Waals surface area contributed by atoms with Crippen molar-refractivity contribution in [2.45, 2.75) is 192 Å². The molecule has 0 saturated carbocycles. The maximum absolute atomic E-state index is 3.50. The second kappa shape index (κ2) is 31.3. The fourth-order valence-corrected chi connectivity index (χ4v) is 34.0. The molecule has 4 aliphatic carbocycles. The molecular formula is C93H115N2TiZr-. The van der Waals surface area contributed by atoms with E-state index in [1.165, 1.54) is 89.0 Å².